The van der Waals surface area contributed by atoms with E-state index in [2.05, 4.69) is 17.4 Å². The fraction of sp³-hybridized carbons (Fsp3) is 0.316. The maximum Gasteiger partial charge on any atom is 0.314 e. The van der Waals surface area contributed by atoms with E-state index in [0.29, 0.717) is 6.54 Å². The lowest BCUT2D eigenvalue weighted by molar-refractivity contribution is 0.179. The minimum absolute atomic E-state index is 0.0592. The van der Waals surface area contributed by atoms with Crippen molar-refractivity contribution in [2.75, 3.05) is 13.1 Å². The number of amides is 2. The van der Waals surface area contributed by atoms with Crippen molar-refractivity contribution < 1.29 is 9.53 Å². The number of nitrogens with one attached hydrogen (secondary N) is 1. The average molecular weight is 323 g/mol. The van der Waals surface area contributed by atoms with Gasteiger partial charge in [-0.25, -0.2) is 4.79 Å². The van der Waals surface area contributed by atoms with Crippen LogP contribution in [0, 0.1) is 0 Å². The van der Waals surface area contributed by atoms with Crippen molar-refractivity contribution in [3.63, 3.8) is 0 Å². The first-order chi connectivity index (χ1) is 11.7. The summed E-state index contributed by atoms with van der Waals surface area (Å²) < 4.78 is 6.03. The molecule has 0 aliphatic carbocycles. The molecule has 2 aromatic carbocycles. The third-order valence-electron chi connectivity index (χ3n) is 4.82. The summed E-state index contributed by atoms with van der Waals surface area (Å²) in [6, 6.07) is 16.2. The Morgan fingerprint density at radius 3 is 2.33 bits per heavy atom. The zero-order valence-electron chi connectivity index (χ0n) is 13.4. The highest BCUT2D eigenvalue weighted by Gasteiger charge is 2.30. The van der Waals surface area contributed by atoms with Gasteiger partial charge in [-0.15, -0.1) is 0 Å². The van der Waals surface area contributed by atoms with Gasteiger partial charge in [0.2, 0.25) is 0 Å². The van der Waals surface area contributed by atoms with E-state index >= 15 is 0 Å². The number of fused-ring (bicyclic) bond motifs is 2. The van der Waals surface area contributed by atoms with E-state index in [1.807, 2.05) is 36.4 Å². The van der Waals surface area contributed by atoms with E-state index in [9.17, 15) is 4.79 Å². The molecule has 5 nitrogen and oxygen atoms in total. The SMILES string of the molecule is NC(=O)N1CCCC(NC2c3ccccc3Oc3ccccc32)C1. The predicted octanol–water partition coefficient (Wildman–Crippen LogP) is 3.01. The lowest BCUT2D eigenvalue weighted by Gasteiger charge is -2.36. The van der Waals surface area contributed by atoms with Crippen LogP contribution in [0.1, 0.15) is 30.0 Å². The molecule has 0 aromatic heterocycles. The summed E-state index contributed by atoms with van der Waals surface area (Å²) in [7, 11) is 0. The van der Waals surface area contributed by atoms with Crippen molar-refractivity contribution >= 4 is 6.03 Å². The van der Waals surface area contributed by atoms with Crippen LogP contribution in [0.5, 0.6) is 11.5 Å². The predicted molar refractivity (Wildman–Crippen MR) is 92.1 cm³/mol. The maximum absolute atomic E-state index is 11.5. The molecule has 2 amide bonds. The minimum Gasteiger partial charge on any atom is -0.457 e. The van der Waals surface area contributed by atoms with Crippen molar-refractivity contribution in [3.05, 3.63) is 59.7 Å². The Bertz CT molecular complexity index is 716. The van der Waals surface area contributed by atoms with Crippen molar-refractivity contribution in [1.82, 2.24) is 10.2 Å². The number of carbonyl (C=O) groups excluding carboxylic acids is 1. The number of benzene rings is 2. The van der Waals surface area contributed by atoms with Crippen molar-refractivity contribution in [3.8, 4) is 11.5 Å². The Balaban J connectivity index is 1.64. The summed E-state index contributed by atoms with van der Waals surface area (Å²) in [4.78, 5) is 13.2. The highest BCUT2D eigenvalue weighted by Crippen LogP contribution is 2.42. The summed E-state index contributed by atoms with van der Waals surface area (Å²) in [5, 5.41) is 3.73. The van der Waals surface area contributed by atoms with Crippen LogP contribution in [-0.2, 0) is 0 Å². The highest BCUT2D eigenvalue weighted by atomic mass is 16.5. The van der Waals surface area contributed by atoms with Crippen LogP contribution >= 0.6 is 0 Å². The van der Waals surface area contributed by atoms with Crippen LogP contribution in [-0.4, -0.2) is 30.1 Å². The molecule has 3 N–H and O–H groups in total. The van der Waals surface area contributed by atoms with Crippen molar-refractivity contribution in [2.24, 2.45) is 5.73 Å². The van der Waals surface area contributed by atoms with Gasteiger partial charge in [-0.1, -0.05) is 36.4 Å². The Morgan fingerprint density at radius 1 is 1.08 bits per heavy atom. The summed E-state index contributed by atoms with van der Waals surface area (Å²) in [5.41, 5.74) is 7.72. The van der Waals surface area contributed by atoms with Gasteiger partial charge >= 0.3 is 6.03 Å². The molecule has 1 unspecified atom stereocenters. The second kappa shape index (κ2) is 6.17. The largest absolute Gasteiger partial charge is 0.457 e. The van der Waals surface area contributed by atoms with Crippen LogP contribution in [0.3, 0.4) is 0 Å². The Morgan fingerprint density at radius 2 is 1.71 bits per heavy atom. The quantitative estimate of drug-likeness (QED) is 0.893. The second-order valence-electron chi connectivity index (χ2n) is 6.40. The molecule has 124 valence electrons. The normalized spacial score (nSPS) is 20.0. The number of nitrogens with zero attached hydrogens (tertiary/aromatic N) is 1. The summed E-state index contributed by atoms with van der Waals surface area (Å²) in [6.07, 6.45) is 2.00. The molecule has 2 aliphatic rings. The fourth-order valence-corrected chi connectivity index (χ4v) is 3.64. The van der Waals surface area contributed by atoms with Gasteiger partial charge in [-0.3, -0.25) is 0 Å². The molecule has 0 spiro atoms. The smallest absolute Gasteiger partial charge is 0.314 e. The molecule has 1 fully saturated rings. The van der Waals surface area contributed by atoms with Crippen LogP contribution < -0.4 is 15.8 Å². The minimum atomic E-state index is -0.339. The highest BCUT2D eigenvalue weighted by molar-refractivity contribution is 5.72. The van der Waals surface area contributed by atoms with Crippen LogP contribution in [0.2, 0.25) is 0 Å². The number of hydrogen-bond donors (Lipinski definition) is 2. The number of piperidine rings is 1. The monoisotopic (exact) mass is 323 g/mol. The van der Waals surface area contributed by atoms with E-state index in [0.717, 1.165) is 42.0 Å². The lowest BCUT2D eigenvalue weighted by atomic mass is 9.93. The Hall–Kier alpha value is -2.53. The molecule has 1 saturated heterocycles. The molecule has 24 heavy (non-hydrogen) atoms. The lowest BCUT2D eigenvalue weighted by Crippen LogP contribution is -2.50. The third-order valence-corrected chi connectivity index (χ3v) is 4.82. The van der Waals surface area contributed by atoms with Gasteiger partial charge in [0.15, 0.2) is 0 Å². The Labute approximate surface area is 141 Å². The molecule has 4 rings (SSSR count). The number of para-hydroxylation sites is 2. The van der Waals surface area contributed by atoms with Gasteiger partial charge in [0.1, 0.15) is 11.5 Å². The molecule has 0 saturated carbocycles. The molecule has 2 aromatic rings. The molecule has 2 aliphatic heterocycles. The molecule has 1 atom stereocenters. The summed E-state index contributed by atoms with van der Waals surface area (Å²) in [5.74, 6) is 1.77. The Kier molecular flexibility index (Phi) is 3.86. The van der Waals surface area contributed by atoms with E-state index in [-0.39, 0.29) is 18.1 Å². The molecule has 0 radical (unpaired) electrons. The van der Waals surface area contributed by atoms with Crippen LogP contribution in [0.15, 0.2) is 48.5 Å². The van der Waals surface area contributed by atoms with E-state index < -0.39 is 0 Å². The zero-order chi connectivity index (χ0) is 16.5. The van der Waals surface area contributed by atoms with E-state index in [1.54, 1.807) is 4.90 Å². The number of carbonyl (C=O) groups is 1. The first kappa shape index (κ1) is 15.0. The van der Waals surface area contributed by atoms with Gasteiger partial charge < -0.3 is 20.7 Å². The number of urea groups is 1. The molecule has 0 bridgehead atoms. The molecular formula is C19H21N3O2. The first-order valence-corrected chi connectivity index (χ1v) is 8.38. The van der Waals surface area contributed by atoms with E-state index in [4.69, 9.17) is 10.5 Å². The average Bonchev–Trinajstić information content (AvgIpc) is 2.62. The molecule has 5 heteroatoms. The fourth-order valence-electron chi connectivity index (χ4n) is 3.64. The summed E-state index contributed by atoms with van der Waals surface area (Å²) >= 11 is 0. The first-order valence-electron chi connectivity index (χ1n) is 8.38. The van der Waals surface area contributed by atoms with Gasteiger partial charge in [0.25, 0.3) is 0 Å². The maximum atomic E-state index is 11.5. The van der Waals surface area contributed by atoms with E-state index in [1.165, 1.54) is 0 Å². The second-order valence-corrected chi connectivity index (χ2v) is 6.40. The topological polar surface area (TPSA) is 67.6 Å². The van der Waals surface area contributed by atoms with Crippen LogP contribution in [0.25, 0.3) is 0 Å². The number of ether oxygens (including phenoxy) is 1. The number of likely N-dealkylation sites (tertiary alicyclic amines) is 1. The van der Waals surface area contributed by atoms with Crippen LogP contribution in [0.4, 0.5) is 4.79 Å². The standard InChI is InChI=1S/C19H21N3O2/c20-19(23)22-11-5-6-13(12-22)21-18-14-7-1-3-9-16(14)24-17-10-4-2-8-15(17)18/h1-4,7-10,13,18,21H,5-6,11-12H2,(H2,20,23). The van der Waals surface area contributed by atoms with Crippen molar-refractivity contribution in [2.45, 2.75) is 24.9 Å². The van der Waals surface area contributed by atoms with Gasteiger partial charge in [-0.2, -0.15) is 0 Å². The zero-order valence-corrected chi connectivity index (χ0v) is 13.4. The number of rotatable bonds is 2. The van der Waals surface area contributed by atoms with Gasteiger partial charge in [0, 0.05) is 30.3 Å². The van der Waals surface area contributed by atoms with Gasteiger partial charge in [0.05, 0.1) is 6.04 Å². The van der Waals surface area contributed by atoms with Gasteiger partial charge in [-0.05, 0) is 25.0 Å². The number of primary amides is 1. The third kappa shape index (κ3) is 2.71. The molecule has 2 heterocycles. The summed E-state index contributed by atoms with van der Waals surface area (Å²) in [6.45, 7) is 1.39. The van der Waals surface area contributed by atoms with Crippen molar-refractivity contribution in [1.29, 1.82) is 0 Å². The molecular weight excluding hydrogens is 302 g/mol. The number of nitrogens with two attached hydrogens (primary N) is 1. The number of hydrogen-bond acceptors (Lipinski definition) is 3.